The summed E-state index contributed by atoms with van der Waals surface area (Å²) in [6, 6.07) is 77.5. The normalized spacial score (nSPS) is 11.3. The van der Waals surface area contributed by atoms with Crippen LogP contribution in [-0.2, 0) is 0 Å². The van der Waals surface area contributed by atoms with Gasteiger partial charge in [0, 0.05) is 51.0 Å². The lowest BCUT2D eigenvalue weighted by atomic mass is 9.91. The minimum atomic E-state index is 0.875. The highest BCUT2D eigenvalue weighted by atomic mass is 16.3. The Labute approximate surface area is 320 Å². The molecule has 0 saturated carbocycles. The van der Waals surface area contributed by atoms with E-state index in [1.165, 1.54) is 33.0 Å². The molecule has 0 spiro atoms. The second-order valence-corrected chi connectivity index (χ2v) is 13.8. The molecule has 3 nitrogen and oxygen atoms in total. The van der Waals surface area contributed by atoms with E-state index in [2.05, 4.69) is 216 Å². The van der Waals surface area contributed by atoms with Crippen molar-refractivity contribution in [3.8, 4) is 22.3 Å². The zero-order valence-corrected chi connectivity index (χ0v) is 30.1. The van der Waals surface area contributed by atoms with Crippen molar-refractivity contribution in [2.75, 3.05) is 9.80 Å². The van der Waals surface area contributed by atoms with Gasteiger partial charge in [0.1, 0.15) is 11.2 Å². The molecule has 0 aliphatic rings. The molecule has 0 aliphatic carbocycles. The summed E-state index contributed by atoms with van der Waals surface area (Å²) in [7, 11) is 0. The van der Waals surface area contributed by atoms with Crippen LogP contribution in [-0.4, -0.2) is 0 Å². The van der Waals surface area contributed by atoms with Gasteiger partial charge in [-0.2, -0.15) is 0 Å². The number of nitrogens with zero attached hydrogens (tertiary/aromatic N) is 2. The van der Waals surface area contributed by atoms with E-state index in [9.17, 15) is 0 Å². The molecule has 1 heterocycles. The first-order valence-corrected chi connectivity index (χ1v) is 18.7. The lowest BCUT2D eigenvalue weighted by Crippen LogP contribution is -2.09. The van der Waals surface area contributed by atoms with Gasteiger partial charge in [0.05, 0.1) is 0 Å². The number of fused-ring (bicyclic) bond motifs is 4. The monoisotopic (exact) mass is 704 g/mol. The smallest absolute Gasteiger partial charge is 0.137 e. The molecule has 9 aromatic carbocycles. The summed E-state index contributed by atoms with van der Waals surface area (Å²) in [4.78, 5) is 4.59. The van der Waals surface area contributed by atoms with Crippen molar-refractivity contribution >= 4 is 66.8 Å². The predicted molar refractivity (Wildman–Crippen MR) is 231 cm³/mol. The maximum Gasteiger partial charge on any atom is 0.137 e. The molecule has 1 aromatic heterocycles. The molecular weight excluding hydrogens is 669 g/mol. The maximum atomic E-state index is 6.31. The topological polar surface area (TPSA) is 19.6 Å². The van der Waals surface area contributed by atoms with Crippen LogP contribution >= 0.6 is 0 Å². The van der Waals surface area contributed by atoms with Crippen molar-refractivity contribution in [2.24, 2.45) is 0 Å². The molecule has 0 N–H and O–H groups in total. The quantitative estimate of drug-likeness (QED) is 0.157. The van der Waals surface area contributed by atoms with E-state index in [0.29, 0.717) is 0 Å². The fraction of sp³-hybridized carbons (Fsp3) is 0. The Morgan fingerprint density at radius 3 is 1.24 bits per heavy atom. The van der Waals surface area contributed by atoms with Crippen molar-refractivity contribution in [3.63, 3.8) is 0 Å². The highest BCUT2D eigenvalue weighted by Crippen LogP contribution is 2.42. The van der Waals surface area contributed by atoms with E-state index < -0.39 is 0 Å². The molecule has 10 rings (SSSR count). The second kappa shape index (κ2) is 13.9. The van der Waals surface area contributed by atoms with Gasteiger partial charge in [-0.3, -0.25) is 0 Å². The number of para-hydroxylation sites is 4. The van der Waals surface area contributed by atoms with Gasteiger partial charge in [0.15, 0.2) is 0 Å². The molecule has 260 valence electrons. The van der Waals surface area contributed by atoms with Gasteiger partial charge in [-0.15, -0.1) is 0 Å². The summed E-state index contributed by atoms with van der Waals surface area (Å²) in [5.74, 6) is 0. The molecule has 0 aliphatic heterocycles. The fourth-order valence-electron chi connectivity index (χ4n) is 7.88. The van der Waals surface area contributed by atoms with Crippen LogP contribution in [0, 0.1) is 0 Å². The zero-order chi connectivity index (χ0) is 36.6. The number of furan rings is 1. The van der Waals surface area contributed by atoms with E-state index >= 15 is 0 Å². The zero-order valence-electron chi connectivity index (χ0n) is 30.1. The molecule has 10 aromatic rings. The lowest BCUT2D eigenvalue weighted by molar-refractivity contribution is 0.669. The standard InChI is InChI=1S/C52H36N2O/c1-4-16-40(17-5-1)53(41-18-6-2-7-19-41)43-30-26-37(27-31-43)46-23-12-14-39-15-13-24-47(52(39)46)38-28-32-44(33-29-38)54(42-20-8-3-9-21-42)45-34-35-49-48-22-10-11-25-50(48)55-51(49)36-45/h1-36H. The maximum absolute atomic E-state index is 6.31. The van der Waals surface area contributed by atoms with Crippen molar-refractivity contribution in [1.29, 1.82) is 0 Å². The van der Waals surface area contributed by atoms with Gasteiger partial charge >= 0.3 is 0 Å². The van der Waals surface area contributed by atoms with Crippen molar-refractivity contribution in [2.45, 2.75) is 0 Å². The van der Waals surface area contributed by atoms with Gasteiger partial charge < -0.3 is 14.2 Å². The van der Waals surface area contributed by atoms with Crippen LogP contribution < -0.4 is 9.80 Å². The predicted octanol–water partition coefficient (Wildman–Crippen LogP) is 15.0. The van der Waals surface area contributed by atoms with Crippen LogP contribution in [0.1, 0.15) is 0 Å². The van der Waals surface area contributed by atoms with Crippen molar-refractivity contribution < 1.29 is 4.42 Å². The summed E-state index contributed by atoms with van der Waals surface area (Å²) in [5, 5.41) is 4.70. The first kappa shape index (κ1) is 32.3. The fourth-order valence-corrected chi connectivity index (χ4v) is 7.88. The van der Waals surface area contributed by atoms with E-state index in [1.54, 1.807) is 0 Å². The molecule has 55 heavy (non-hydrogen) atoms. The van der Waals surface area contributed by atoms with Crippen LogP contribution in [0.3, 0.4) is 0 Å². The Kier molecular flexibility index (Phi) is 8.16. The van der Waals surface area contributed by atoms with Crippen LogP contribution in [0.2, 0.25) is 0 Å². The first-order valence-electron chi connectivity index (χ1n) is 18.7. The van der Waals surface area contributed by atoms with Gasteiger partial charge in [-0.25, -0.2) is 0 Å². The molecule has 0 bridgehead atoms. The lowest BCUT2D eigenvalue weighted by Gasteiger charge is -2.26. The van der Waals surface area contributed by atoms with Gasteiger partial charge in [-0.1, -0.05) is 133 Å². The minimum Gasteiger partial charge on any atom is -0.456 e. The Hall–Kier alpha value is -7.36. The van der Waals surface area contributed by atoms with E-state index in [1.807, 2.05) is 12.1 Å². The summed E-state index contributed by atoms with van der Waals surface area (Å²) in [6.07, 6.45) is 0. The van der Waals surface area contributed by atoms with E-state index in [0.717, 1.165) is 56.1 Å². The van der Waals surface area contributed by atoms with Crippen LogP contribution in [0.15, 0.2) is 223 Å². The van der Waals surface area contributed by atoms with E-state index in [4.69, 9.17) is 4.42 Å². The Morgan fingerprint density at radius 2 is 0.709 bits per heavy atom. The molecular formula is C52H36N2O. The number of hydrogen-bond donors (Lipinski definition) is 0. The third-order valence-electron chi connectivity index (χ3n) is 10.4. The average molecular weight is 705 g/mol. The van der Waals surface area contributed by atoms with Gasteiger partial charge in [-0.05, 0) is 112 Å². The largest absolute Gasteiger partial charge is 0.456 e. The van der Waals surface area contributed by atoms with Crippen molar-refractivity contribution in [3.05, 3.63) is 218 Å². The molecule has 3 heteroatoms. The number of anilines is 6. The summed E-state index contributed by atoms with van der Waals surface area (Å²) < 4.78 is 6.31. The number of rotatable bonds is 8. The Balaban J connectivity index is 1.03. The molecule has 0 atom stereocenters. The SMILES string of the molecule is c1ccc(N(c2ccccc2)c2ccc(-c3cccc4cccc(-c5ccc(N(c6ccccc6)c6ccc7c(c6)oc6ccccc67)cc5)c34)cc2)cc1. The van der Waals surface area contributed by atoms with Crippen LogP contribution in [0.4, 0.5) is 34.1 Å². The van der Waals surface area contributed by atoms with Gasteiger partial charge in [0.2, 0.25) is 0 Å². The van der Waals surface area contributed by atoms with Gasteiger partial charge in [0.25, 0.3) is 0 Å². The first-order chi connectivity index (χ1) is 27.3. The highest BCUT2D eigenvalue weighted by molar-refractivity contribution is 6.07. The molecule has 0 fully saturated rings. The molecule has 0 saturated heterocycles. The highest BCUT2D eigenvalue weighted by Gasteiger charge is 2.17. The third kappa shape index (κ3) is 5.98. The second-order valence-electron chi connectivity index (χ2n) is 13.8. The molecule has 0 radical (unpaired) electrons. The molecule has 0 unspecified atom stereocenters. The Bertz CT molecular complexity index is 2860. The molecule has 0 amide bonds. The number of hydrogen-bond acceptors (Lipinski definition) is 3. The Morgan fingerprint density at radius 1 is 0.291 bits per heavy atom. The summed E-state index contributed by atoms with van der Waals surface area (Å²) >= 11 is 0. The summed E-state index contributed by atoms with van der Waals surface area (Å²) in [5.41, 5.74) is 13.1. The summed E-state index contributed by atoms with van der Waals surface area (Å²) in [6.45, 7) is 0. The van der Waals surface area contributed by atoms with Crippen LogP contribution in [0.25, 0.3) is 55.0 Å². The number of benzene rings is 9. The van der Waals surface area contributed by atoms with Crippen LogP contribution in [0.5, 0.6) is 0 Å². The third-order valence-corrected chi connectivity index (χ3v) is 10.4. The minimum absolute atomic E-state index is 0.875. The average Bonchev–Trinajstić information content (AvgIpc) is 3.63. The van der Waals surface area contributed by atoms with E-state index in [-0.39, 0.29) is 0 Å². The van der Waals surface area contributed by atoms with Crippen molar-refractivity contribution in [1.82, 2.24) is 0 Å².